The molecule has 11 heteroatoms. The zero-order chi connectivity index (χ0) is 26.2. The Labute approximate surface area is 213 Å². The van der Waals surface area contributed by atoms with E-state index in [0.29, 0.717) is 15.8 Å². The molecule has 36 heavy (non-hydrogen) atoms. The molecule has 2 aromatic heterocycles. The van der Waals surface area contributed by atoms with Gasteiger partial charge >= 0.3 is 0 Å². The van der Waals surface area contributed by atoms with Gasteiger partial charge in [0.05, 0.1) is 22.0 Å². The maximum absolute atomic E-state index is 15.0. The third-order valence-electron chi connectivity index (χ3n) is 6.00. The van der Waals surface area contributed by atoms with Gasteiger partial charge in [-0.15, -0.1) is 11.3 Å². The Morgan fingerprint density at radius 2 is 1.89 bits per heavy atom. The average Bonchev–Trinajstić information content (AvgIpc) is 3.54. The highest BCUT2D eigenvalue weighted by Gasteiger charge is 2.39. The molecule has 0 aliphatic heterocycles. The molecule has 1 aliphatic carbocycles. The van der Waals surface area contributed by atoms with Crippen LogP contribution in [-0.2, 0) is 19.4 Å². The first-order valence-corrected chi connectivity index (χ1v) is 14.3. The van der Waals surface area contributed by atoms with E-state index in [0.717, 1.165) is 29.9 Å². The monoisotopic (exact) mass is 532 g/mol. The van der Waals surface area contributed by atoms with Crippen LogP contribution in [0.1, 0.15) is 62.4 Å². The van der Waals surface area contributed by atoms with Gasteiger partial charge in [0, 0.05) is 29.1 Å². The molecule has 3 aromatic rings. The molecule has 0 bridgehead atoms. The number of pyridine rings is 1. The summed E-state index contributed by atoms with van der Waals surface area (Å²) in [5.74, 6) is -1.47. The molecule has 0 saturated heterocycles. The molecule has 1 aliphatic rings. The third kappa shape index (κ3) is 5.57. The quantitative estimate of drug-likeness (QED) is 0.432. The van der Waals surface area contributed by atoms with Gasteiger partial charge in [0.15, 0.2) is 15.1 Å². The predicted octanol–water partition coefficient (Wildman–Crippen LogP) is 3.88. The number of rotatable bonds is 9. The van der Waals surface area contributed by atoms with E-state index in [1.807, 2.05) is 19.9 Å². The lowest BCUT2D eigenvalue weighted by molar-refractivity contribution is -0.126. The number of sulfone groups is 1. The molecule has 0 radical (unpaired) electrons. The number of nitrogens with zero attached hydrogens (tertiary/aromatic N) is 2. The first-order chi connectivity index (χ1) is 17.0. The zero-order valence-electron chi connectivity index (χ0n) is 20.5. The summed E-state index contributed by atoms with van der Waals surface area (Å²) in [4.78, 5) is 33.9. The second-order valence-electron chi connectivity index (χ2n) is 9.56. The number of nitrogens with one attached hydrogen (secondary N) is 2. The summed E-state index contributed by atoms with van der Waals surface area (Å²) in [5.41, 5.74) is 2.11. The lowest BCUT2D eigenvalue weighted by Crippen LogP contribution is -2.42. The summed E-state index contributed by atoms with van der Waals surface area (Å²) in [5, 5.41) is 2.74. The van der Waals surface area contributed by atoms with Crippen molar-refractivity contribution < 1.29 is 22.4 Å². The minimum atomic E-state index is -3.98. The third-order valence-corrected chi connectivity index (χ3v) is 9.64. The van der Waals surface area contributed by atoms with Gasteiger partial charge in [0.2, 0.25) is 11.8 Å². The molecule has 2 heterocycles. The maximum atomic E-state index is 15.0. The molecular formula is C25H29FN4O4S2. The van der Waals surface area contributed by atoms with Crippen molar-refractivity contribution in [3.63, 3.8) is 0 Å². The van der Waals surface area contributed by atoms with Gasteiger partial charge in [0.25, 0.3) is 0 Å². The molecule has 8 nitrogen and oxygen atoms in total. The van der Waals surface area contributed by atoms with E-state index >= 15 is 4.39 Å². The van der Waals surface area contributed by atoms with Crippen LogP contribution < -0.4 is 10.6 Å². The lowest BCUT2D eigenvalue weighted by Gasteiger charge is -2.17. The predicted molar refractivity (Wildman–Crippen MR) is 138 cm³/mol. The van der Waals surface area contributed by atoms with Gasteiger partial charge < -0.3 is 10.6 Å². The fourth-order valence-electron chi connectivity index (χ4n) is 3.65. The highest BCUT2D eigenvalue weighted by Crippen LogP contribution is 2.36. The van der Waals surface area contributed by atoms with E-state index in [1.165, 1.54) is 26.0 Å². The molecule has 2 amide bonds. The molecule has 1 unspecified atom stereocenters. The van der Waals surface area contributed by atoms with Gasteiger partial charge in [-0.05, 0) is 50.8 Å². The molecule has 0 spiro atoms. The minimum Gasteiger partial charge on any atom is -0.352 e. The fraction of sp³-hybridized carbons (Fsp3) is 0.440. The van der Waals surface area contributed by atoms with Crippen LogP contribution in [0.5, 0.6) is 0 Å². The number of benzene rings is 1. The highest BCUT2D eigenvalue weighted by molar-refractivity contribution is 7.93. The maximum Gasteiger partial charge on any atom is 0.245 e. The van der Waals surface area contributed by atoms with Crippen molar-refractivity contribution in [1.82, 2.24) is 20.6 Å². The minimum absolute atomic E-state index is 0.0311. The summed E-state index contributed by atoms with van der Waals surface area (Å²) in [6.07, 6.45) is 3.39. The van der Waals surface area contributed by atoms with Crippen molar-refractivity contribution in [2.24, 2.45) is 0 Å². The fourth-order valence-corrected chi connectivity index (χ4v) is 6.41. The van der Waals surface area contributed by atoms with Crippen molar-refractivity contribution in [2.75, 3.05) is 6.54 Å². The van der Waals surface area contributed by atoms with E-state index in [-0.39, 0.29) is 35.0 Å². The Hall–Kier alpha value is -2.92. The summed E-state index contributed by atoms with van der Waals surface area (Å²) in [6, 6.07) is 6.57. The Morgan fingerprint density at radius 1 is 1.17 bits per heavy atom. The van der Waals surface area contributed by atoms with E-state index in [4.69, 9.17) is 0 Å². The average molecular weight is 533 g/mol. The van der Waals surface area contributed by atoms with Gasteiger partial charge in [-0.2, -0.15) is 0 Å². The smallest absolute Gasteiger partial charge is 0.245 e. The Morgan fingerprint density at radius 3 is 2.47 bits per heavy atom. The number of aromatic nitrogens is 2. The van der Waals surface area contributed by atoms with E-state index < -0.39 is 32.1 Å². The van der Waals surface area contributed by atoms with E-state index in [2.05, 4.69) is 20.6 Å². The van der Waals surface area contributed by atoms with Crippen LogP contribution in [0.15, 0.2) is 30.5 Å². The topological polar surface area (TPSA) is 118 Å². The molecule has 192 valence electrons. The van der Waals surface area contributed by atoms with E-state index in [9.17, 15) is 18.0 Å². The summed E-state index contributed by atoms with van der Waals surface area (Å²) >= 11 is 0.950. The number of carbonyl (C=O) groups excluding carboxylic acids is 2. The van der Waals surface area contributed by atoms with Crippen molar-refractivity contribution in [1.29, 1.82) is 0 Å². The number of carbonyl (C=O) groups is 2. The normalized spacial score (nSPS) is 14.9. The molecule has 1 saturated carbocycles. The van der Waals surface area contributed by atoms with Crippen LogP contribution in [0.3, 0.4) is 0 Å². The van der Waals surface area contributed by atoms with Crippen LogP contribution in [-0.4, -0.2) is 48.0 Å². The number of hydrogen-bond acceptors (Lipinski definition) is 7. The number of halogens is 1. The van der Waals surface area contributed by atoms with Gasteiger partial charge in [-0.3, -0.25) is 14.6 Å². The van der Waals surface area contributed by atoms with Crippen LogP contribution in [0.25, 0.3) is 21.3 Å². The summed E-state index contributed by atoms with van der Waals surface area (Å²) in [6.45, 7) is 6.66. The standard InChI is InChI=1S/C25H29FN4O4S2/c1-13(2)19-8-5-15(11-27-19)17-9-20-21(10-18(17)26)35-25(30-20)23(36(33,34)14(3)4)24(32)28-12-22(31)29-16-6-7-16/h5,8-11,13-14,16,23H,6-7,12H2,1-4H3,(H,28,32)(H,29,31). The lowest BCUT2D eigenvalue weighted by atomic mass is 10.0. The Bertz CT molecular complexity index is 1400. The summed E-state index contributed by atoms with van der Waals surface area (Å²) < 4.78 is 41.7. The van der Waals surface area contributed by atoms with Crippen LogP contribution in [0.4, 0.5) is 4.39 Å². The first-order valence-electron chi connectivity index (χ1n) is 11.8. The second-order valence-corrected chi connectivity index (χ2v) is 13.2. The molecule has 1 aromatic carbocycles. The number of thiazole rings is 1. The van der Waals surface area contributed by atoms with Crippen LogP contribution in [0.2, 0.25) is 0 Å². The number of hydrogen-bond donors (Lipinski definition) is 2. The number of amides is 2. The Kier molecular flexibility index (Phi) is 7.42. The Balaban J connectivity index is 1.67. The largest absolute Gasteiger partial charge is 0.352 e. The van der Waals surface area contributed by atoms with Gasteiger partial charge in [0.1, 0.15) is 10.8 Å². The van der Waals surface area contributed by atoms with Crippen molar-refractivity contribution in [3.8, 4) is 11.1 Å². The highest BCUT2D eigenvalue weighted by atomic mass is 32.2. The van der Waals surface area contributed by atoms with Crippen molar-refractivity contribution in [2.45, 2.75) is 63.0 Å². The summed E-state index contributed by atoms with van der Waals surface area (Å²) in [7, 11) is -3.98. The first kappa shape index (κ1) is 26.2. The molecule has 2 N–H and O–H groups in total. The van der Waals surface area contributed by atoms with Crippen LogP contribution in [0, 0.1) is 5.82 Å². The second kappa shape index (κ2) is 10.2. The van der Waals surface area contributed by atoms with Gasteiger partial charge in [-0.1, -0.05) is 19.9 Å². The zero-order valence-corrected chi connectivity index (χ0v) is 22.2. The SMILES string of the molecule is CC(C)c1ccc(-c2cc3nc(C(C(=O)NCC(=O)NC4CC4)S(=O)(=O)C(C)C)sc3cc2F)cn1. The molecule has 1 atom stereocenters. The molecule has 1 fully saturated rings. The molecular weight excluding hydrogens is 503 g/mol. The van der Waals surface area contributed by atoms with E-state index in [1.54, 1.807) is 12.3 Å². The number of fused-ring (bicyclic) bond motifs is 1. The van der Waals surface area contributed by atoms with Crippen LogP contribution >= 0.6 is 11.3 Å². The van der Waals surface area contributed by atoms with Gasteiger partial charge in [-0.25, -0.2) is 17.8 Å². The molecule has 4 rings (SSSR count). The van der Waals surface area contributed by atoms with Crippen molar-refractivity contribution in [3.05, 3.63) is 47.0 Å². The van der Waals surface area contributed by atoms with Crippen molar-refractivity contribution >= 4 is 43.2 Å².